The van der Waals surface area contributed by atoms with Crippen molar-refractivity contribution in [3.63, 3.8) is 0 Å². The van der Waals surface area contributed by atoms with Gasteiger partial charge in [-0.2, -0.15) is 0 Å². The summed E-state index contributed by atoms with van der Waals surface area (Å²) in [5, 5.41) is 0. The van der Waals surface area contributed by atoms with E-state index in [9.17, 15) is 0 Å². The van der Waals surface area contributed by atoms with Crippen LogP contribution in [-0.2, 0) is 12.8 Å². The zero-order valence-corrected chi connectivity index (χ0v) is 11.7. The first-order chi connectivity index (χ1) is 8.56. The van der Waals surface area contributed by atoms with Gasteiger partial charge in [-0.3, -0.25) is 0 Å². The van der Waals surface area contributed by atoms with Gasteiger partial charge in [0.1, 0.15) is 12.1 Å². The number of nitrogens with zero attached hydrogens (tertiary/aromatic N) is 3. The molecular weight excluding hydrogens is 224 g/mol. The normalized spacial score (nSPS) is 16.0. The van der Waals surface area contributed by atoms with Crippen molar-refractivity contribution < 1.29 is 0 Å². The Morgan fingerprint density at radius 2 is 1.94 bits per heavy atom. The molecular formula is C14H24N4. The van der Waals surface area contributed by atoms with Crippen LogP contribution < -0.4 is 10.6 Å². The maximum absolute atomic E-state index is 5.87. The molecule has 0 radical (unpaired) electrons. The Hall–Kier alpha value is -1.16. The molecule has 0 bridgehead atoms. The van der Waals surface area contributed by atoms with Gasteiger partial charge in [-0.25, -0.2) is 9.97 Å². The van der Waals surface area contributed by atoms with Crippen LogP contribution in [0.25, 0.3) is 0 Å². The number of hydrogen-bond donors (Lipinski definition) is 1. The maximum atomic E-state index is 5.87. The molecule has 0 fully saturated rings. The van der Waals surface area contributed by atoms with Crippen molar-refractivity contribution in [1.29, 1.82) is 0 Å². The Morgan fingerprint density at radius 3 is 2.67 bits per heavy atom. The van der Waals surface area contributed by atoms with Crippen molar-refractivity contribution in [2.45, 2.75) is 51.5 Å². The third kappa shape index (κ3) is 2.48. The summed E-state index contributed by atoms with van der Waals surface area (Å²) in [6, 6.07) is 0. The van der Waals surface area contributed by atoms with Crippen LogP contribution in [0.2, 0.25) is 0 Å². The van der Waals surface area contributed by atoms with Crippen LogP contribution in [0, 0.1) is 0 Å². The predicted molar refractivity (Wildman–Crippen MR) is 74.8 cm³/mol. The topological polar surface area (TPSA) is 55.0 Å². The SMILES string of the molecule is CN(c1ncnc2c1CCCCC2)C(C)(C)CN. The molecule has 0 saturated carbocycles. The minimum absolute atomic E-state index is 0.0750. The predicted octanol–water partition coefficient (Wildman–Crippen LogP) is 1.92. The fourth-order valence-corrected chi connectivity index (χ4v) is 2.39. The summed E-state index contributed by atoms with van der Waals surface area (Å²) in [5.74, 6) is 1.07. The zero-order chi connectivity index (χ0) is 13.2. The standard InChI is InChI=1S/C14H24N4/c1-14(2,9-15)18(3)13-11-7-5-4-6-8-12(11)16-10-17-13/h10H,4-9,15H2,1-3H3. The summed E-state index contributed by atoms with van der Waals surface area (Å²) in [6.45, 7) is 4.92. The molecule has 1 aromatic rings. The van der Waals surface area contributed by atoms with Crippen molar-refractivity contribution in [2.75, 3.05) is 18.5 Å². The fraction of sp³-hybridized carbons (Fsp3) is 0.714. The summed E-state index contributed by atoms with van der Waals surface area (Å²) in [7, 11) is 2.08. The number of anilines is 1. The zero-order valence-electron chi connectivity index (χ0n) is 11.7. The Labute approximate surface area is 110 Å². The molecule has 1 aliphatic rings. The summed E-state index contributed by atoms with van der Waals surface area (Å²) >= 11 is 0. The molecule has 0 atom stereocenters. The van der Waals surface area contributed by atoms with Crippen LogP contribution in [0.3, 0.4) is 0 Å². The Morgan fingerprint density at radius 1 is 1.22 bits per heavy atom. The number of likely N-dealkylation sites (N-methyl/N-ethyl adjacent to an activating group) is 1. The third-order valence-corrected chi connectivity index (χ3v) is 4.08. The molecule has 4 heteroatoms. The highest BCUT2D eigenvalue weighted by Gasteiger charge is 2.26. The Balaban J connectivity index is 2.39. The van der Waals surface area contributed by atoms with E-state index in [2.05, 4.69) is 35.8 Å². The van der Waals surface area contributed by atoms with E-state index in [-0.39, 0.29) is 5.54 Å². The molecule has 0 spiro atoms. The van der Waals surface area contributed by atoms with Crippen molar-refractivity contribution in [2.24, 2.45) is 5.73 Å². The van der Waals surface area contributed by atoms with Crippen LogP contribution >= 0.6 is 0 Å². The quantitative estimate of drug-likeness (QED) is 0.830. The van der Waals surface area contributed by atoms with Crippen LogP contribution in [0.1, 0.15) is 44.4 Å². The summed E-state index contributed by atoms with van der Waals surface area (Å²) in [5.41, 5.74) is 8.36. The van der Waals surface area contributed by atoms with Gasteiger partial charge in [-0.1, -0.05) is 6.42 Å². The van der Waals surface area contributed by atoms with E-state index in [0.29, 0.717) is 6.54 Å². The minimum atomic E-state index is -0.0750. The van der Waals surface area contributed by atoms with Gasteiger partial charge in [-0.15, -0.1) is 0 Å². The fourth-order valence-electron chi connectivity index (χ4n) is 2.39. The number of hydrogen-bond acceptors (Lipinski definition) is 4. The summed E-state index contributed by atoms with van der Waals surface area (Å²) in [4.78, 5) is 11.2. The molecule has 0 amide bonds. The molecule has 1 heterocycles. The molecule has 0 aliphatic heterocycles. The molecule has 100 valence electrons. The van der Waals surface area contributed by atoms with E-state index in [0.717, 1.165) is 18.7 Å². The lowest BCUT2D eigenvalue weighted by Crippen LogP contribution is -2.48. The molecule has 4 nitrogen and oxygen atoms in total. The molecule has 2 rings (SSSR count). The van der Waals surface area contributed by atoms with E-state index >= 15 is 0 Å². The third-order valence-electron chi connectivity index (χ3n) is 4.08. The number of fused-ring (bicyclic) bond motifs is 1. The van der Waals surface area contributed by atoms with Gasteiger partial charge in [-0.05, 0) is 39.5 Å². The molecule has 2 N–H and O–H groups in total. The average molecular weight is 248 g/mol. The molecule has 0 saturated heterocycles. The molecule has 1 aromatic heterocycles. The lowest BCUT2D eigenvalue weighted by atomic mass is 10.0. The Bertz CT molecular complexity index is 414. The smallest absolute Gasteiger partial charge is 0.135 e. The van der Waals surface area contributed by atoms with Gasteiger partial charge in [0, 0.05) is 30.4 Å². The number of nitrogens with two attached hydrogens (primary N) is 1. The van der Waals surface area contributed by atoms with Gasteiger partial charge in [0.2, 0.25) is 0 Å². The van der Waals surface area contributed by atoms with Crippen LogP contribution in [0.5, 0.6) is 0 Å². The second kappa shape index (κ2) is 5.22. The second-order valence-electron chi connectivity index (χ2n) is 5.76. The van der Waals surface area contributed by atoms with E-state index in [1.54, 1.807) is 6.33 Å². The number of aryl methyl sites for hydroxylation is 1. The highest BCUT2D eigenvalue weighted by Crippen LogP contribution is 2.29. The van der Waals surface area contributed by atoms with Crippen molar-refractivity contribution in [3.8, 4) is 0 Å². The number of aromatic nitrogens is 2. The van der Waals surface area contributed by atoms with E-state index in [4.69, 9.17) is 5.73 Å². The average Bonchev–Trinajstić information content (AvgIpc) is 2.62. The van der Waals surface area contributed by atoms with Crippen LogP contribution in [0.4, 0.5) is 5.82 Å². The highest BCUT2D eigenvalue weighted by atomic mass is 15.2. The first-order valence-corrected chi connectivity index (χ1v) is 6.83. The van der Waals surface area contributed by atoms with Gasteiger partial charge in [0.15, 0.2) is 0 Å². The van der Waals surface area contributed by atoms with Gasteiger partial charge in [0.05, 0.1) is 0 Å². The summed E-state index contributed by atoms with van der Waals surface area (Å²) in [6.07, 6.45) is 7.65. The molecule has 0 aromatic carbocycles. The van der Waals surface area contributed by atoms with Crippen molar-refractivity contribution in [1.82, 2.24) is 9.97 Å². The summed E-state index contributed by atoms with van der Waals surface area (Å²) < 4.78 is 0. The molecule has 1 aliphatic carbocycles. The van der Waals surface area contributed by atoms with Gasteiger partial charge < -0.3 is 10.6 Å². The van der Waals surface area contributed by atoms with E-state index in [1.165, 1.54) is 30.5 Å². The largest absolute Gasteiger partial charge is 0.353 e. The van der Waals surface area contributed by atoms with Crippen molar-refractivity contribution >= 4 is 5.82 Å². The van der Waals surface area contributed by atoms with Crippen molar-refractivity contribution in [3.05, 3.63) is 17.6 Å². The second-order valence-corrected chi connectivity index (χ2v) is 5.76. The van der Waals surface area contributed by atoms with Crippen LogP contribution in [0.15, 0.2) is 6.33 Å². The minimum Gasteiger partial charge on any atom is -0.353 e. The molecule has 0 unspecified atom stereocenters. The first kappa shape index (κ1) is 13.3. The number of rotatable bonds is 3. The molecule has 18 heavy (non-hydrogen) atoms. The highest BCUT2D eigenvalue weighted by molar-refractivity contribution is 5.50. The first-order valence-electron chi connectivity index (χ1n) is 6.83. The lowest BCUT2D eigenvalue weighted by Gasteiger charge is -2.36. The van der Waals surface area contributed by atoms with E-state index < -0.39 is 0 Å². The maximum Gasteiger partial charge on any atom is 0.135 e. The van der Waals surface area contributed by atoms with E-state index in [1.807, 2.05) is 0 Å². The Kier molecular flexibility index (Phi) is 3.85. The lowest BCUT2D eigenvalue weighted by molar-refractivity contribution is 0.492. The van der Waals surface area contributed by atoms with Gasteiger partial charge >= 0.3 is 0 Å². The monoisotopic (exact) mass is 248 g/mol. The van der Waals surface area contributed by atoms with Crippen LogP contribution in [-0.4, -0.2) is 29.1 Å². The van der Waals surface area contributed by atoms with Gasteiger partial charge in [0.25, 0.3) is 0 Å².